The van der Waals surface area contributed by atoms with Gasteiger partial charge >= 0.3 is 0 Å². The Bertz CT molecular complexity index is 367. The molecule has 1 rings (SSSR count). The number of nitrogens with one attached hydrogen (secondary N) is 1. The largest absolute Gasteiger partial charge is 0.494 e. The van der Waals surface area contributed by atoms with Gasteiger partial charge in [0.15, 0.2) is 0 Å². The Morgan fingerprint density at radius 1 is 1.33 bits per heavy atom. The zero-order chi connectivity index (χ0) is 13.2. The molecule has 0 bridgehead atoms. The number of nitriles is 1. The van der Waals surface area contributed by atoms with E-state index in [2.05, 4.69) is 30.4 Å². The van der Waals surface area contributed by atoms with Crippen LogP contribution in [-0.4, -0.2) is 19.7 Å². The monoisotopic (exact) mass is 246 g/mol. The van der Waals surface area contributed by atoms with E-state index in [-0.39, 0.29) is 0 Å². The molecule has 0 saturated carbocycles. The van der Waals surface area contributed by atoms with E-state index in [4.69, 9.17) is 10.00 Å². The van der Waals surface area contributed by atoms with E-state index < -0.39 is 0 Å². The van der Waals surface area contributed by atoms with Crippen LogP contribution in [-0.2, 0) is 6.42 Å². The molecule has 98 valence electrons. The Morgan fingerprint density at radius 2 is 2.06 bits per heavy atom. The summed E-state index contributed by atoms with van der Waals surface area (Å²) in [6.45, 7) is 2.80. The minimum Gasteiger partial charge on any atom is -0.494 e. The second-order valence-electron chi connectivity index (χ2n) is 4.48. The van der Waals surface area contributed by atoms with Crippen molar-refractivity contribution in [2.45, 2.75) is 38.6 Å². The lowest BCUT2D eigenvalue weighted by atomic mass is 10.1. The molecule has 3 heteroatoms. The summed E-state index contributed by atoms with van der Waals surface area (Å²) in [5, 5.41) is 11.6. The van der Waals surface area contributed by atoms with E-state index in [1.54, 1.807) is 0 Å². The summed E-state index contributed by atoms with van der Waals surface area (Å²) in [5.41, 5.74) is 1.33. The van der Waals surface area contributed by atoms with Crippen LogP contribution >= 0.6 is 0 Å². The van der Waals surface area contributed by atoms with Crippen LogP contribution in [0.4, 0.5) is 0 Å². The van der Waals surface area contributed by atoms with Gasteiger partial charge in [-0.15, -0.1) is 0 Å². The molecule has 1 unspecified atom stereocenters. The lowest BCUT2D eigenvalue weighted by Crippen LogP contribution is -2.21. The van der Waals surface area contributed by atoms with Crippen molar-refractivity contribution in [2.75, 3.05) is 13.7 Å². The van der Waals surface area contributed by atoms with Gasteiger partial charge in [-0.25, -0.2) is 0 Å². The van der Waals surface area contributed by atoms with Gasteiger partial charge in [-0.1, -0.05) is 12.1 Å². The van der Waals surface area contributed by atoms with Gasteiger partial charge in [0, 0.05) is 12.5 Å². The standard InChI is InChI=1S/C15H22N2O/c1-13(17-2)5-6-14-7-9-15(10-8-14)18-12-4-3-11-16/h7-10,13,17H,3-6,12H2,1-2H3. The number of rotatable bonds is 8. The highest BCUT2D eigenvalue weighted by molar-refractivity contribution is 5.27. The molecule has 0 saturated heterocycles. The smallest absolute Gasteiger partial charge is 0.119 e. The first-order chi connectivity index (χ1) is 8.76. The SMILES string of the molecule is CNC(C)CCc1ccc(OCCCC#N)cc1. The van der Waals surface area contributed by atoms with Crippen molar-refractivity contribution in [3.05, 3.63) is 29.8 Å². The van der Waals surface area contributed by atoms with Crippen molar-refractivity contribution in [2.24, 2.45) is 0 Å². The van der Waals surface area contributed by atoms with E-state index in [1.165, 1.54) is 5.56 Å². The molecule has 1 atom stereocenters. The summed E-state index contributed by atoms with van der Waals surface area (Å²) in [6.07, 6.45) is 3.56. The van der Waals surface area contributed by atoms with Gasteiger partial charge in [0.05, 0.1) is 12.7 Å². The van der Waals surface area contributed by atoms with Crippen LogP contribution in [0.25, 0.3) is 0 Å². The average molecular weight is 246 g/mol. The molecular formula is C15H22N2O. The molecular weight excluding hydrogens is 224 g/mol. The molecule has 0 amide bonds. The average Bonchev–Trinajstić information content (AvgIpc) is 2.42. The Kier molecular flexibility index (Phi) is 6.90. The molecule has 0 aromatic heterocycles. The van der Waals surface area contributed by atoms with E-state index in [9.17, 15) is 0 Å². The zero-order valence-electron chi connectivity index (χ0n) is 11.3. The third-order valence-electron chi connectivity index (χ3n) is 2.98. The van der Waals surface area contributed by atoms with Crippen molar-refractivity contribution < 1.29 is 4.74 Å². The van der Waals surface area contributed by atoms with Gasteiger partial charge in [-0.05, 0) is 50.9 Å². The highest BCUT2D eigenvalue weighted by atomic mass is 16.5. The maximum atomic E-state index is 8.41. The second kappa shape index (κ2) is 8.54. The summed E-state index contributed by atoms with van der Waals surface area (Å²) < 4.78 is 5.55. The molecule has 1 aromatic rings. The number of hydrogen-bond acceptors (Lipinski definition) is 3. The second-order valence-corrected chi connectivity index (χ2v) is 4.48. The maximum absolute atomic E-state index is 8.41. The number of ether oxygens (including phenoxy) is 1. The summed E-state index contributed by atoms with van der Waals surface area (Å²) in [6, 6.07) is 10.9. The van der Waals surface area contributed by atoms with Gasteiger partial charge in [0.2, 0.25) is 0 Å². The molecule has 1 N–H and O–H groups in total. The molecule has 18 heavy (non-hydrogen) atoms. The Balaban J connectivity index is 2.31. The Labute approximate surface area is 110 Å². The fourth-order valence-electron chi connectivity index (χ4n) is 1.62. The third kappa shape index (κ3) is 5.70. The third-order valence-corrected chi connectivity index (χ3v) is 2.98. The van der Waals surface area contributed by atoms with E-state index in [0.717, 1.165) is 25.0 Å². The van der Waals surface area contributed by atoms with Crippen LogP contribution in [0.1, 0.15) is 31.7 Å². The number of aryl methyl sites for hydroxylation is 1. The lowest BCUT2D eigenvalue weighted by Gasteiger charge is -2.10. The van der Waals surface area contributed by atoms with E-state index in [0.29, 0.717) is 19.1 Å². The predicted octanol–water partition coefficient (Wildman–Crippen LogP) is 2.91. The van der Waals surface area contributed by atoms with Crippen LogP contribution in [0.5, 0.6) is 5.75 Å². The van der Waals surface area contributed by atoms with Crippen LogP contribution in [0.3, 0.4) is 0 Å². The molecule has 1 aromatic carbocycles. The van der Waals surface area contributed by atoms with Crippen molar-refractivity contribution in [3.63, 3.8) is 0 Å². The van der Waals surface area contributed by atoms with Gasteiger partial charge in [-0.3, -0.25) is 0 Å². The molecule has 3 nitrogen and oxygen atoms in total. The zero-order valence-corrected chi connectivity index (χ0v) is 11.3. The molecule has 0 aliphatic rings. The van der Waals surface area contributed by atoms with E-state index in [1.807, 2.05) is 19.2 Å². The highest BCUT2D eigenvalue weighted by Crippen LogP contribution is 2.14. The maximum Gasteiger partial charge on any atom is 0.119 e. The van der Waals surface area contributed by atoms with Crippen LogP contribution in [0.15, 0.2) is 24.3 Å². The topological polar surface area (TPSA) is 45.0 Å². The van der Waals surface area contributed by atoms with Crippen molar-refractivity contribution >= 4 is 0 Å². The van der Waals surface area contributed by atoms with Gasteiger partial charge in [-0.2, -0.15) is 5.26 Å². The first kappa shape index (κ1) is 14.5. The molecule has 0 aliphatic heterocycles. The normalized spacial score (nSPS) is 11.8. The summed E-state index contributed by atoms with van der Waals surface area (Å²) in [5.74, 6) is 0.887. The van der Waals surface area contributed by atoms with Crippen LogP contribution in [0.2, 0.25) is 0 Å². The minimum absolute atomic E-state index is 0.548. The number of unbranched alkanes of at least 4 members (excludes halogenated alkanes) is 1. The number of hydrogen-bond donors (Lipinski definition) is 1. The molecule has 0 heterocycles. The van der Waals surface area contributed by atoms with Crippen molar-refractivity contribution in [3.8, 4) is 11.8 Å². The Hall–Kier alpha value is -1.53. The summed E-state index contributed by atoms with van der Waals surface area (Å²) in [7, 11) is 1.99. The summed E-state index contributed by atoms with van der Waals surface area (Å²) in [4.78, 5) is 0. The quantitative estimate of drug-likeness (QED) is 0.717. The van der Waals surface area contributed by atoms with Crippen LogP contribution < -0.4 is 10.1 Å². The lowest BCUT2D eigenvalue weighted by molar-refractivity contribution is 0.312. The van der Waals surface area contributed by atoms with E-state index >= 15 is 0 Å². The molecule has 0 radical (unpaired) electrons. The van der Waals surface area contributed by atoms with Crippen LogP contribution in [0, 0.1) is 11.3 Å². The van der Waals surface area contributed by atoms with Gasteiger partial charge in [0.1, 0.15) is 5.75 Å². The number of benzene rings is 1. The Morgan fingerprint density at radius 3 is 2.67 bits per heavy atom. The fraction of sp³-hybridized carbons (Fsp3) is 0.533. The van der Waals surface area contributed by atoms with Crippen molar-refractivity contribution in [1.82, 2.24) is 5.32 Å². The first-order valence-electron chi connectivity index (χ1n) is 6.52. The van der Waals surface area contributed by atoms with Gasteiger partial charge < -0.3 is 10.1 Å². The van der Waals surface area contributed by atoms with Crippen molar-refractivity contribution in [1.29, 1.82) is 5.26 Å². The van der Waals surface area contributed by atoms with Gasteiger partial charge in [0.25, 0.3) is 0 Å². The first-order valence-corrected chi connectivity index (χ1v) is 6.52. The fourth-order valence-corrected chi connectivity index (χ4v) is 1.62. The predicted molar refractivity (Wildman–Crippen MR) is 73.6 cm³/mol. The highest BCUT2D eigenvalue weighted by Gasteiger charge is 2.00. The summed E-state index contributed by atoms with van der Waals surface area (Å²) >= 11 is 0. The molecule has 0 fully saturated rings. The number of nitrogens with zero attached hydrogens (tertiary/aromatic N) is 1. The molecule has 0 spiro atoms. The molecule has 0 aliphatic carbocycles. The minimum atomic E-state index is 0.548.